The summed E-state index contributed by atoms with van der Waals surface area (Å²) in [5.74, 6) is 1.23. The van der Waals surface area contributed by atoms with Crippen molar-refractivity contribution in [3.05, 3.63) is 36.3 Å². The van der Waals surface area contributed by atoms with Gasteiger partial charge in [-0.05, 0) is 6.42 Å². The van der Waals surface area contributed by atoms with E-state index in [9.17, 15) is 4.79 Å². The maximum atomic E-state index is 11.9. The summed E-state index contributed by atoms with van der Waals surface area (Å²) in [7, 11) is 0. The van der Waals surface area contributed by atoms with E-state index in [1.54, 1.807) is 18.6 Å². The molecule has 2 heterocycles. The third-order valence-electron chi connectivity index (χ3n) is 2.63. The highest BCUT2D eigenvalue weighted by atomic mass is 16.1. The van der Waals surface area contributed by atoms with Gasteiger partial charge in [0.15, 0.2) is 0 Å². The number of carbonyl (C=O) groups is 1. The van der Waals surface area contributed by atoms with Crippen molar-refractivity contribution < 1.29 is 4.79 Å². The zero-order valence-electron chi connectivity index (χ0n) is 11.4. The second-order valence-electron chi connectivity index (χ2n) is 4.26. The van der Waals surface area contributed by atoms with Gasteiger partial charge in [-0.3, -0.25) is 9.78 Å². The summed E-state index contributed by atoms with van der Waals surface area (Å²) in [6.45, 7) is 3.37. The summed E-state index contributed by atoms with van der Waals surface area (Å²) < 4.78 is 0. The molecule has 0 atom stereocenters. The molecule has 0 aromatic carbocycles. The first kappa shape index (κ1) is 14.0. The Hall–Kier alpha value is -2.44. The average molecular weight is 274 g/mol. The van der Waals surface area contributed by atoms with Crippen molar-refractivity contribution in [3.8, 4) is 0 Å². The summed E-state index contributed by atoms with van der Waals surface area (Å²) >= 11 is 0. The SMILES string of the molecule is CCCNc1cncc(C(=O)NCCc2ncc[nH]2)n1. The molecule has 0 radical (unpaired) electrons. The Bertz CT molecular complexity index is 540. The van der Waals surface area contributed by atoms with E-state index in [1.165, 1.54) is 6.20 Å². The third-order valence-corrected chi connectivity index (χ3v) is 2.63. The van der Waals surface area contributed by atoms with Crippen molar-refractivity contribution in [2.75, 3.05) is 18.4 Å². The number of rotatable bonds is 7. The first-order chi connectivity index (χ1) is 9.79. The number of hydrogen-bond acceptors (Lipinski definition) is 5. The molecule has 20 heavy (non-hydrogen) atoms. The van der Waals surface area contributed by atoms with Crippen LogP contribution in [0.5, 0.6) is 0 Å². The minimum Gasteiger partial charge on any atom is -0.369 e. The van der Waals surface area contributed by atoms with Crippen molar-refractivity contribution in [2.45, 2.75) is 19.8 Å². The lowest BCUT2D eigenvalue weighted by Gasteiger charge is -2.06. The molecule has 106 valence electrons. The Morgan fingerprint density at radius 1 is 1.35 bits per heavy atom. The highest BCUT2D eigenvalue weighted by Gasteiger charge is 2.08. The minimum absolute atomic E-state index is 0.232. The number of anilines is 1. The highest BCUT2D eigenvalue weighted by molar-refractivity contribution is 5.92. The van der Waals surface area contributed by atoms with Crippen molar-refractivity contribution in [3.63, 3.8) is 0 Å². The van der Waals surface area contributed by atoms with Crippen LogP contribution in [0.2, 0.25) is 0 Å². The molecular formula is C13H18N6O. The van der Waals surface area contributed by atoms with Crippen LogP contribution >= 0.6 is 0 Å². The molecule has 0 fully saturated rings. The van der Waals surface area contributed by atoms with Crippen molar-refractivity contribution in [1.29, 1.82) is 0 Å². The minimum atomic E-state index is -0.232. The Kier molecular flexibility index (Phi) is 5.05. The second-order valence-corrected chi connectivity index (χ2v) is 4.26. The van der Waals surface area contributed by atoms with E-state index in [2.05, 4.69) is 37.5 Å². The quantitative estimate of drug-likeness (QED) is 0.700. The molecule has 0 aliphatic heterocycles. The predicted octanol–water partition coefficient (Wildman–Crippen LogP) is 0.994. The number of amides is 1. The molecule has 0 bridgehead atoms. The topological polar surface area (TPSA) is 95.6 Å². The maximum absolute atomic E-state index is 11.9. The fourth-order valence-corrected chi connectivity index (χ4v) is 1.63. The lowest BCUT2D eigenvalue weighted by Crippen LogP contribution is -2.27. The lowest BCUT2D eigenvalue weighted by molar-refractivity contribution is 0.0948. The standard InChI is InChI=1S/C13H18N6O/c1-2-4-15-12-9-14-8-10(19-12)13(20)18-5-3-11-16-6-7-17-11/h6-9H,2-5H2,1H3,(H,15,19)(H,16,17)(H,18,20). The van der Waals surface area contributed by atoms with Crippen LogP contribution in [0.15, 0.2) is 24.8 Å². The first-order valence-corrected chi connectivity index (χ1v) is 6.62. The van der Waals surface area contributed by atoms with Gasteiger partial charge >= 0.3 is 0 Å². The van der Waals surface area contributed by atoms with Gasteiger partial charge in [-0.25, -0.2) is 9.97 Å². The molecule has 0 saturated carbocycles. The summed E-state index contributed by atoms with van der Waals surface area (Å²) in [6, 6.07) is 0. The van der Waals surface area contributed by atoms with E-state index in [4.69, 9.17) is 0 Å². The monoisotopic (exact) mass is 274 g/mol. The number of aromatic nitrogens is 4. The van der Waals surface area contributed by atoms with E-state index in [0.29, 0.717) is 24.5 Å². The number of H-pyrrole nitrogens is 1. The van der Waals surface area contributed by atoms with Gasteiger partial charge in [0.25, 0.3) is 5.91 Å². The molecule has 2 aromatic heterocycles. The van der Waals surface area contributed by atoms with E-state index < -0.39 is 0 Å². The summed E-state index contributed by atoms with van der Waals surface area (Å²) in [4.78, 5) is 27.2. The number of carbonyl (C=O) groups excluding carboxylic acids is 1. The Labute approximate surface area is 117 Å². The van der Waals surface area contributed by atoms with Crippen molar-refractivity contribution >= 4 is 11.7 Å². The van der Waals surface area contributed by atoms with Crippen LogP contribution in [0.4, 0.5) is 5.82 Å². The van der Waals surface area contributed by atoms with Crippen LogP contribution in [0.1, 0.15) is 29.7 Å². The molecule has 2 rings (SSSR count). The van der Waals surface area contributed by atoms with Gasteiger partial charge in [-0.1, -0.05) is 6.92 Å². The lowest BCUT2D eigenvalue weighted by atomic mass is 10.3. The number of aromatic amines is 1. The van der Waals surface area contributed by atoms with Crippen molar-refractivity contribution in [2.24, 2.45) is 0 Å². The van der Waals surface area contributed by atoms with E-state index in [1.807, 2.05) is 0 Å². The van der Waals surface area contributed by atoms with Crippen LogP contribution in [0, 0.1) is 0 Å². The second kappa shape index (κ2) is 7.22. The van der Waals surface area contributed by atoms with Gasteiger partial charge in [0.1, 0.15) is 17.3 Å². The van der Waals surface area contributed by atoms with Gasteiger partial charge in [0.2, 0.25) is 0 Å². The van der Waals surface area contributed by atoms with E-state index >= 15 is 0 Å². The van der Waals surface area contributed by atoms with Gasteiger partial charge in [0.05, 0.1) is 12.4 Å². The molecule has 7 nitrogen and oxygen atoms in total. The highest BCUT2D eigenvalue weighted by Crippen LogP contribution is 2.02. The number of hydrogen-bond donors (Lipinski definition) is 3. The molecule has 0 saturated heterocycles. The van der Waals surface area contributed by atoms with Crippen LogP contribution in [-0.4, -0.2) is 38.9 Å². The van der Waals surface area contributed by atoms with Gasteiger partial charge in [-0.15, -0.1) is 0 Å². The largest absolute Gasteiger partial charge is 0.369 e. The smallest absolute Gasteiger partial charge is 0.271 e. The van der Waals surface area contributed by atoms with Crippen LogP contribution < -0.4 is 10.6 Å². The number of nitrogens with one attached hydrogen (secondary N) is 3. The molecule has 0 spiro atoms. The summed E-state index contributed by atoms with van der Waals surface area (Å²) in [5.41, 5.74) is 0.311. The molecule has 0 aliphatic carbocycles. The van der Waals surface area contributed by atoms with Crippen LogP contribution in [0.3, 0.4) is 0 Å². The summed E-state index contributed by atoms with van der Waals surface area (Å²) in [5, 5.41) is 5.89. The Morgan fingerprint density at radius 2 is 2.25 bits per heavy atom. The molecule has 0 unspecified atom stereocenters. The fraction of sp³-hybridized carbons (Fsp3) is 0.385. The normalized spacial score (nSPS) is 10.2. The molecule has 2 aromatic rings. The number of imidazole rings is 1. The van der Waals surface area contributed by atoms with Gasteiger partial charge in [-0.2, -0.15) is 0 Å². The summed E-state index contributed by atoms with van der Waals surface area (Å²) in [6.07, 6.45) is 8.15. The van der Waals surface area contributed by atoms with E-state index in [-0.39, 0.29) is 5.91 Å². The van der Waals surface area contributed by atoms with Gasteiger partial charge < -0.3 is 15.6 Å². The molecule has 1 amide bonds. The fourth-order valence-electron chi connectivity index (χ4n) is 1.63. The predicted molar refractivity (Wildman–Crippen MR) is 75.4 cm³/mol. The van der Waals surface area contributed by atoms with E-state index in [0.717, 1.165) is 18.8 Å². The van der Waals surface area contributed by atoms with Gasteiger partial charge in [0, 0.05) is 31.9 Å². The molecule has 0 aliphatic rings. The molecule has 7 heteroatoms. The van der Waals surface area contributed by atoms with Crippen LogP contribution in [0.25, 0.3) is 0 Å². The average Bonchev–Trinajstić information content (AvgIpc) is 2.98. The van der Waals surface area contributed by atoms with Crippen molar-refractivity contribution in [1.82, 2.24) is 25.3 Å². The van der Waals surface area contributed by atoms with Crippen LogP contribution in [-0.2, 0) is 6.42 Å². The Balaban J connectivity index is 1.85. The third kappa shape index (κ3) is 4.04. The zero-order valence-corrected chi connectivity index (χ0v) is 11.4. The number of nitrogens with zero attached hydrogens (tertiary/aromatic N) is 3. The first-order valence-electron chi connectivity index (χ1n) is 6.62. The Morgan fingerprint density at radius 3 is 3.00 bits per heavy atom. The molecular weight excluding hydrogens is 256 g/mol. The molecule has 3 N–H and O–H groups in total. The zero-order chi connectivity index (χ0) is 14.2. The maximum Gasteiger partial charge on any atom is 0.271 e.